The van der Waals surface area contributed by atoms with Crippen LogP contribution in [0, 0.1) is 5.41 Å². The first-order valence-electron chi connectivity index (χ1n) is 10.3. The molecule has 0 aliphatic carbocycles. The zero-order valence-corrected chi connectivity index (χ0v) is 18.2. The third-order valence-corrected chi connectivity index (χ3v) is 11.0. The number of hydrogen-bond acceptors (Lipinski definition) is 1. The van der Waals surface area contributed by atoms with Crippen LogP contribution in [-0.2, 0) is 0 Å². The molecule has 2 heteroatoms. The van der Waals surface area contributed by atoms with Gasteiger partial charge in [0.25, 0.3) is 0 Å². The van der Waals surface area contributed by atoms with Crippen molar-refractivity contribution in [1.29, 1.82) is 0 Å². The fourth-order valence-electron chi connectivity index (χ4n) is 3.86. The van der Waals surface area contributed by atoms with Gasteiger partial charge < -0.3 is 5.11 Å². The molecule has 0 saturated heterocycles. The molecule has 2 atom stereocenters. The van der Waals surface area contributed by atoms with E-state index in [1.54, 1.807) is 0 Å². The Morgan fingerprint density at radius 1 is 0.739 bits per heavy atom. The number of rotatable bonds is 13. The van der Waals surface area contributed by atoms with Crippen molar-refractivity contribution >= 4 is 7.26 Å². The van der Waals surface area contributed by atoms with Gasteiger partial charge in [-0.1, -0.05) is 74.1 Å². The Labute approximate surface area is 148 Å². The third-order valence-electron chi connectivity index (χ3n) is 5.41. The van der Waals surface area contributed by atoms with Crippen LogP contribution in [0.15, 0.2) is 0 Å². The molecule has 0 amide bonds. The van der Waals surface area contributed by atoms with Gasteiger partial charge in [0, 0.05) is 7.26 Å². The van der Waals surface area contributed by atoms with Crippen molar-refractivity contribution in [3.63, 3.8) is 0 Å². The summed E-state index contributed by atoms with van der Waals surface area (Å²) >= 11 is 0. The minimum absolute atomic E-state index is 0.00965. The fourth-order valence-corrected chi connectivity index (χ4v) is 10.2. The quantitative estimate of drug-likeness (QED) is 0.357. The van der Waals surface area contributed by atoms with Crippen molar-refractivity contribution < 1.29 is 5.11 Å². The molecular weight excluding hydrogens is 299 g/mol. The average Bonchev–Trinajstić information content (AvgIpc) is 2.51. The lowest BCUT2D eigenvalue weighted by molar-refractivity contribution is 0.0567. The number of aliphatic hydroxyl groups excluding tert-OH is 1. The molecule has 0 radical (unpaired) electrons. The molecular formula is C21H46OP+. The van der Waals surface area contributed by atoms with E-state index in [0.717, 1.165) is 0 Å². The predicted octanol–water partition coefficient (Wildman–Crippen LogP) is 6.98. The molecule has 0 aromatic heterocycles. The van der Waals surface area contributed by atoms with Crippen molar-refractivity contribution in [3.05, 3.63) is 0 Å². The van der Waals surface area contributed by atoms with E-state index in [9.17, 15) is 5.11 Å². The monoisotopic (exact) mass is 345 g/mol. The van der Waals surface area contributed by atoms with Gasteiger partial charge >= 0.3 is 0 Å². The molecule has 0 spiro atoms. The fraction of sp³-hybridized carbons (Fsp3) is 1.00. The number of aliphatic hydroxyl groups is 1. The SMILES string of the molecule is CCCC[P+](CCCC)(CCCC)[C@H](CCC)[C@@H](O)C(C)(C)C. The minimum atomic E-state index is -1.07. The highest BCUT2D eigenvalue weighted by atomic mass is 31.2. The summed E-state index contributed by atoms with van der Waals surface area (Å²) in [5, 5.41) is 11.2. The first-order chi connectivity index (χ1) is 10.8. The lowest BCUT2D eigenvalue weighted by atomic mass is 9.86. The van der Waals surface area contributed by atoms with Crippen molar-refractivity contribution in [2.45, 2.75) is 112 Å². The molecule has 0 heterocycles. The molecule has 0 aromatic rings. The van der Waals surface area contributed by atoms with E-state index in [1.807, 2.05) is 0 Å². The maximum atomic E-state index is 11.2. The smallest absolute Gasteiger partial charge is 0.0960 e. The van der Waals surface area contributed by atoms with Gasteiger partial charge in [-0.15, -0.1) is 0 Å². The summed E-state index contributed by atoms with van der Waals surface area (Å²) in [4.78, 5) is 0. The highest BCUT2D eigenvalue weighted by molar-refractivity contribution is 7.76. The van der Waals surface area contributed by atoms with Crippen molar-refractivity contribution in [3.8, 4) is 0 Å². The van der Waals surface area contributed by atoms with Gasteiger partial charge in [0.2, 0.25) is 0 Å². The summed E-state index contributed by atoms with van der Waals surface area (Å²) in [6.45, 7) is 16.0. The molecule has 1 nitrogen and oxygen atoms in total. The molecule has 23 heavy (non-hydrogen) atoms. The Balaban J connectivity index is 5.62. The van der Waals surface area contributed by atoms with E-state index in [-0.39, 0.29) is 11.5 Å². The van der Waals surface area contributed by atoms with Gasteiger partial charge in [0.15, 0.2) is 0 Å². The van der Waals surface area contributed by atoms with Gasteiger partial charge in [0.1, 0.15) is 0 Å². The Bertz CT molecular complexity index is 260. The van der Waals surface area contributed by atoms with E-state index >= 15 is 0 Å². The molecule has 1 N–H and O–H groups in total. The highest BCUT2D eigenvalue weighted by Gasteiger charge is 2.49. The van der Waals surface area contributed by atoms with Crippen LogP contribution in [0.1, 0.15) is 99.8 Å². The standard InChI is InChI=1S/C21H46OP/c1-8-12-16-23(17-13-9-2,18-14-10-3)19(15-11-4)20(22)21(5,6)7/h19-20,22H,8-18H2,1-7H3/q+1/t19-,20-/m1/s1. The van der Waals surface area contributed by atoms with Crippen LogP contribution < -0.4 is 0 Å². The summed E-state index contributed by atoms with van der Waals surface area (Å²) in [5.74, 6) is 0. The number of hydrogen-bond donors (Lipinski definition) is 1. The normalized spacial score (nSPS) is 15.7. The van der Waals surface area contributed by atoms with Crippen LogP contribution in [0.2, 0.25) is 0 Å². The Hall–Kier alpha value is 0.390. The van der Waals surface area contributed by atoms with Crippen LogP contribution in [0.3, 0.4) is 0 Å². The van der Waals surface area contributed by atoms with Gasteiger partial charge in [0.05, 0.1) is 30.2 Å². The maximum absolute atomic E-state index is 11.2. The maximum Gasteiger partial charge on any atom is 0.0960 e. The predicted molar refractivity (Wildman–Crippen MR) is 110 cm³/mol. The van der Waals surface area contributed by atoms with E-state index in [4.69, 9.17) is 0 Å². The van der Waals surface area contributed by atoms with E-state index < -0.39 is 7.26 Å². The molecule has 0 bridgehead atoms. The van der Waals surface area contributed by atoms with Crippen molar-refractivity contribution in [2.75, 3.05) is 18.5 Å². The first-order valence-corrected chi connectivity index (χ1v) is 12.7. The molecule has 0 fully saturated rings. The summed E-state index contributed by atoms with van der Waals surface area (Å²) in [7, 11) is -1.07. The van der Waals surface area contributed by atoms with Gasteiger partial charge in [-0.05, 0) is 31.1 Å². The molecule has 0 aromatic carbocycles. The van der Waals surface area contributed by atoms with Crippen LogP contribution >= 0.6 is 7.26 Å². The Morgan fingerprint density at radius 3 is 1.39 bits per heavy atom. The summed E-state index contributed by atoms with van der Waals surface area (Å²) in [5.41, 5.74) is 0.576. The minimum Gasteiger partial charge on any atom is -0.388 e. The molecule has 140 valence electrons. The lowest BCUT2D eigenvalue weighted by Crippen LogP contribution is -2.41. The van der Waals surface area contributed by atoms with Gasteiger partial charge in [-0.3, -0.25) is 0 Å². The lowest BCUT2D eigenvalue weighted by Gasteiger charge is -2.42. The first kappa shape index (κ1) is 23.4. The summed E-state index contributed by atoms with van der Waals surface area (Å²) < 4.78 is 0. The van der Waals surface area contributed by atoms with Crippen LogP contribution in [0.5, 0.6) is 0 Å². The molecule has 0 aliphatic rings. The number of unbranched alkanes of at least 4 members (excludes halogenated alkanes) is 3. The zero-order valence-electron chi connectivity index (χ0n) is 17.3. The molecule has 0 rings (SSSR count). The van der Waals surface area contributed by atoms with Crippen LogP contribution in [0.4, 0.5) is 0 Å². The van der Waals surface area contributed by atoms with E-state index in [2.05, 4.69) is 48.5 Å². The molecule has 0 saturated carbocycles. The summed E-state index contributed by atoms with van der Waals surface area (Å²) in [6.07, 6.45) is 14.5. The second-order valence-corrected chi connectivity index (χ2v) is 13.1. The van der Waals surface area contributed by atoms with Gasteiger partial charge in [-0.2, -0.15) is 0 Å². The zero-order chi connectivity index (χ0) is 17.9. The van der Waals surface area contributed by atoms with Crippen molar-refractivity contribution in [1.82, 2.24) is 0 Å². The second-order valence-electron chi connectivity index (χ2n) is 8.62. The second kappa shape index (κ2) is 11.9. The topological polar surface area (TPSA) is 20.2 Å². The molecule has 0 aliphatic heterocycles. The van der Waals surface area contributed by atoms with Gasteiger partial charge in [-0.25, -0.2) is 0 Å². The summed E-state index contributed by atoms with van der Waals surface area (Å²) in [6, 6.07) is 0. The Kier molecular flexibility index (Phi) is 12.1. The molecule has 0 unspecified atom stereocenters. The third kappa shape index (κ3) is 7.87. The van der Waals surface area contributed by atoms with Crippen molar-refractivity contribution in [2.24, 2.45) is 5.41 Å². The average molecular weight is 346 g/mol. The Morgan fingerprint density at radius 2 is 1.13 bits per heavy atom. The van der Waals surface area contributed by atoms with Crippen LogP contribution in [-0.4, -0.2) is 35.4 Å². The van der Waals surface area contributed by atoms with Crippen LogP contribution in [0.25, 0.3) is 0 Å². The largest absolute Gasteiger partial charge is 0.388 e. The van der Waals surface area contributed by atoms with E-state index in [1.165, 1.54) is 69.9 Å². The van der Waals surface area contributed by atoms with E-state index in [0.29, 0.717) is 5.66 Å². The highest BCUT2D eigenvalue weighted by Crippen LogP contribution is 2.67.